The van der Waals surface area contributed by atoms with Crippen molar-refractivity contribution < 1.29 is 56.0 Å². The van der Waals surface area contributed by atoms with Crippen LogP contribution in [0.25, 0.3) is 0 Å². The molecule has 0 saturated heterocycles. The van der Waals surface area contributed by atoms with E-state index < -0.39 is 23.5 Å². The van der Waals surface area contributed by atoms with Gasteiger partial charge in [-0.1, -0.05) is 36.8 Å². The van der Waals surface area contributed by atoms with E-state index in [1.807, 2.05) is 60.7 Å². The fourth-order valence-electron chi connectivity index (χ4n) is 2.95. The van der Waals surface area contributed by atoms with E-state index in [9.17, 15) is 36.2 Å². The minimum absolute atomic E-state index is 0. The molecule has 0 spiro atoms. The summed E-state index contributed by atoms with van der Waals surface area (Å²) in [5.74, 6) is -0.245. The first-order valence-electron chi connectivity index (χ1n) is 10.5. The summed E-state index contributed by atoms with van der Waals surface area (Å²) in [6.07, 6.45) is -10.0. The Morgan fingerprint density at radius 1 is 0.833 bits per heavy atom. The number of benzene rings is 3. The Hall–Kier alpha value is -2.82. The van der Waals surface area contributed by atoms with E-state index in [-0.39, 0.29) is 38.5 Å². The normalized spacial score (nSPS) is 11.4. The van der Waals surface area contributed by atoms with Gasteiger partial charge >= 0.3 is 32.1 Å². The van der Waals surface area contributed by atoms with Crippen molar-refractivity contribution in [3.8, 4) is 0 Å². The number of alkyl halides is 6. The average molecular weight is 686 g/mol. The third kappa shape index (κ3) is 9.00. The van der Waals surface area contributed by atoms with Gasteiger partial charge in [-0.15, -0.1) is 12.1 Å². The van der Waals surface area contributed by atoms with Crippen LogP contribution < -0.4 is 5.32 Å². The van der Waals surface area contributed by atoms with E-state index >= 15 is 0 Å². The molecule has 0 unspecified atom stereocenters. The zero-order valence-corrected chi connectivity index (χ0v) is 21.3. The Bertz CT molecular complexity index is 986. The van der Waals surface area contributed by atoms with Crippen LogP contribution >= 0.6 is 0 Å². The second-order valence-corrected chi connectivity index (χ2v) is 7.41. The zero-order chi connectivity index (χ0) is 26.0. The van der Waals surface area contributed by atoms with Crippen molar-refractivity contribution in [1.82, 2.24) is 5.32 Å². The van der Waals surface area contributed by atoms with E-state index in [0.717, 1.165) is 17.7 Å². The maximum Gasteiger partial charge on any atom is 2.00 e. The molecule has 0 heterocycles. The van der Waals surface area contributed by atoms with Crippen molar-refractivity contribution in [2.24, 2.45) is 0 Å². The van der Waals surface area contributed by atoms with Gasteiger partial charge in [-0.2, -0.15) is 86.9 Å². The third-order valence-corrected chi connectivity index (χ3v) is 4.84. The van der Waals surface area contributed by atoms with Crippen LogP contribution in [0.3, 0.4) is 0 Å². The predicted octanol–water partition coefficient (Wildman–Crippen LogP) is 6.13. The van der Waals surface area contributed by atoms with E-state index in [0.29, 0.717) is 24.2 Å². The number of hydrogen-bond donors (Lipinski definition) is 2. The molecule has 194 valence electrons. The molecule has 36 heavy (non-hydrogen) atoms. The second-order valence-electron chi connectivity index (χ2n) is 7.41. The Balaban J connectivity index is 0.000000807. The molecule has 0 aliphatic rings. The van der Waals surface area contributed by atoms with Crippen LogP contribution in [0.5, 0.6) is 0 Å². The standard InChI is InChI=1S/C20H18F6NO2.C6H5.Os/c21-19(22,23)18(29,20(24,25)26)16-11-9-14(10-12-16)7-4-8-17(28)27-13-15-5-2-1-3-6-15;1-2-4-6-5-3-1;/h1-3,5-7,9-12,29H,4,8,13H2,(H,27,28);1-5H;/q2*-1;+2. The van der Waals surface area contributed by atoms with Crippen LogP contribution in [0.1, 0.15) is 29.5 Å². The van der Waals surface area contributed by atoms with E-state index in [1.165, 1.54) is 6.42 Å². The molecule has 0 aromatic heterocycles. The van der Waals surface area contributed by atoms with Crippen molar-refractivity contribution in [3.63, 3.8) is 0 Å². The fraction of sp³-hybridized carbons (Fsp3) is 0.231. The van der Waals surface area contributed by atoms with Crippen molar-refractivity contribution in [1.29, 1.82) is 0 Å². The molecule has 0 saturated carbocycles. The van der Waals surface area contributed by atoms with Gasteiger partial charge in [0.2, 0.25) is 5.91 Å². The molecule has 0 aliphatic heterocycles. The number of hydrogen-bond acceptors (Lipinski definition) is 2. The Morgan fingerprint density at radius 3 is 1.81 bits per heavy atom. The number of carbonyl (C=O) groups excluding carboxylic acids is 1. The van der Waals surface area contributed by atoms with Crippen molar-refractivity contribution >= 4 is 5.91 Å². The molecule has 3 rings (SSSR count). The summed E-state index contributed by atoms with van der Waals surface area (Å²) >= 11 is 0. The molecule has 0 fully saturated rings. The number of halogens is 6. The molecule has 1 amide bonds. The largest absolute Gasteiger partial charge is 2.00 e. The van der Waals surface area contributed by atoms with Crippen LogP contribution in [-0.2, 0) is 36.7 Å². The first kappa shape index (κ1) is 31.2. The fourth-order valence-corrected chi connectivity index (χ4v) is 2.95. The third-order valence-electron chi connectivity index (χ3n) is 4.84. The SMILES string of the molecule is O=C(CC[CH-]c1ccc(C(O)(C(F)(F)F)C(F)(F)F)cc1)NCc1ccccc1.[Os+2].[c-]1ccccc1. The smallest absolute Gasteiger partial charge is 0.370 e. The number of nitrogens with one attached hydrogen (secondary N) is 1. The number of aliphatic hydroxyl groups is 1. The minimum Gasteiger partial charge on any atom is -0.370 e. The number of carbonyl (C=O) groups is 1. The van der Waals surface area contributed by atoms with Gasteiger partial charge in [-0.05, 0) is 11.1 Å². The quantitative estimate of drug-likeness (QED) is 0.232. The molecule has 3 nitrogen and oxygen atoms in total. The van der Waals surface area contributed by atoms with Gasteiger partial charge in [0.05, 0.1) is 0 Å². The number of amides is 1. The summed E-state index contributed by atoms with van der Waals surface area (Å²) in [6, 6.07) is 24.9. The maximum absolute atomic E-state index is 12.9. The van der Waals surface area contributed by atoms with E-state index in [1.54, 1.807) is 0 Å². The van der Waals surface area contributed by atoms with Crippen molar-refractivity contribution in [2.75, 3.05) is 0 Å². The molecule has 0 atom stereocenters. The van der Waals surface area contributed by atoms with Crippen LogP contribution in [0.15, 0.2) is 84.9 Å². The van der Waals surface area contributed by atoms with Crippen LogP contribution in [0.2, 0.25) is 0 Å². The monoisotopic (exact) mass is 687 g/mol. The topological polar surface area (TPSA) is 49.3 Å². The summed E-state index contributed by atoms with van der Waals surface area (Å²) in [6.45, 7) is 0.349. The van der Waals surface area contributed by atoms with Crippen LogP contribution in [0, 0.1) is 12.5 Å². The van der Waals surface area contributed by atoms with Gasteiger partial charge < -0.3 is 10.4 Å². The second kappa shape index (κ2) is 14.1. The summed E-state index contributed by atoms with van der Waals surface area (Å²) in [5.41, 5.74) is -5.02. The molecular formula is C26H23F6NO2Os. The summed E-state index contributed by atoms with van der Waals surface area (Å²) in [4.78, 5) is 11.8. The van der Waals surface area contributed by atoms with Gasteiger partial charge in [-0.3, -0.25) is 4.79 Å². The van der Waals surface area contributed by atoms with Crippen LogP contribution in [0.4, 0.5) is 26.3 Å². The first-order valence-corrected chi connectivity index (χ1v) is 10.5. The molecule has 10 heteroatoms. The molecule has 3 aromatic carbocycles. The van der Waals surface area contributed by atoms with Gasteiger partial charge in [0.1, 0.15) is 0 Å². The van der Waals surface area contributed by atoms with E-state index in [4.69, 9.17) is 0 Å². The van der Waals surface area contributed by atoms with Gasteiger partial charge in [0.15, 0.2) is 0 Å². The number of rotatable bonds is 7. The average Bonchev–Trinajstić information content (AvgIpc) is 2.83. The molecule has 0 aliphatic carbocycles. The summed E-state index contributed by atoms with van der Waals surface area (Å²) in [5, 5.41) is 12.0. The first-order chi connectivity index (χ1) is 16.4. The molecule has 3 aromatic rings. The predicted molar refractivity (Wildman–Crippen MR) is 119 cm³/mol. The van der Waals surface area contributed by atoms with Gasteiger partial charge in [0.25, 0.3) is 5.60 Å². The Labute approximate surface area is 218 Å². The Kier molecular flexibility index (Phi) is 12.2. The summed E-state index contributed by atoms with van der Waals surface area (Å²) in [7, 11) is 0. The molecule has 0 bridgehead atoms. The van der Waals surface area contributed by atoms with Crippen molar-refractivity contribution in [3.05, 3.63) is 114 Å². The summed E-state index contributed by atoms with van der Waals surface area (Å²) < 4.78 is 77.1. The molecular weight excluding hydrogens is 663 g/mol. The Morgan fingerprint density at radius 2 is 1.36 bits per heavy atom. The van der Waals surface area contributed by atoms with Gasteiger partial charge in [0, 0.05) is 13.0 Å². The van der Waals surface area contributed by atoms with Gasteiger partial charge in [-0.25, -0.2) is 0 Å². The van der Waals surface area contributed by atoms with E-state index in [2.05, 4.69) is 11.4 Å². The molecule has 0 radical (unpaired) electrons. The minimum atomic E-state index is -5.92. The zero-order valence-electron chi connectivity index (χ0n) is 18.8. The molecule has 2 N–H and O–H groups in total. The van der Waals surface area contributed by atoms with Crippen LogP contribution in [-0.4, -0.2) is 23.4 Å². The maximum atomic E-state index is 12.9. The van der Waals surface area contributed by atoms with Crippen molar-refractivity contribution in [2.45, 2.75) is 37.3 Å².